The normalized spacial score (nSPS) is 15.3. The summed E-state index contributed by atoms with van der Waals surface area (Å²) < 4.78 is 5.60. The quantitative estimate of drug-likeness (QED) is 0.764. The predicted octanol–water partition coefficient (Wildman–Crippen LogP) is 1.94. The SMILES string of the molecule is NC(=O)c1cc(N)ccc1OCCC1CCC1. The molecule has 0 radical (unpaired) electrons. The molecule has 1 aromatic rings. The maximum Gasteiger partial charge on any atom is 0.252 e. The Morgan fingerprint density at radius 3 is 2.76 bits per heavy atom. The number of carbonyl (C=O) groups excluding carboxylic acids is 1. The van der Waals surface area contributed by atoms with Crippen molar-refractivity contribution in [3.63, 3.8) is 0 Å². The number of ether oxygens (including phenoxy) is 1. The van der Waals surface area contributed by atoms with Gasteiger partial charge in [0.05, 0.1) is 12.2 Å². The largest absolute Gasteiger partial charge is 0.493 e. The molecule has 4 N–H and O–H groups in total. The summed E-state index contributed by atoms with van der Waals surface area (Å²) in [6, 6.07) is 4.97. The van der Waals surface area contributed by atoms with E-state index in [1.54, 1.807) is 18.2 Å². The number of anilines is 1. The molecule has 92 valence electrons. The van der Waals surface area contributed by atoms with Gasteiger partial charge < -0.3 is 16.2 Å². The third-order valence-corrected chi connectivity index (χ3v) is 3.28. The summed E-state index contributed by atoms with van der Waals surface area (Å²) in [6.45, 7) is 0.634. The van der Waals surface area contributed by atoms with Crippen molar-refractivity contribution < 1.29 is 9.53 Å². The maximum absolute atomic E-state index is 11.2. The van der Waals surface area contributed by atoms with Crippen LogP contribution < -0.4 is 16.2 Å². The molecule has 1 aromatic carbocycles. The summed E-state index contributed by atoms with van der Waals surface area (Å²) in [6.07, 6.45) is 4.98. The van der Waals surface area contributed by atoms with E-state index in [-0.39, 0.29) is 0 Å². The minimum Gasteiger partial charge on any atom is -0.493 e. The first-order valence-corrected chi connectivity index (χ1v) is 5.99. The Morgan fingerprint density at radius 1 is 1.41 bits per heavy atom. The van der Waals surface area contributed by atoms with Crippen molar-refractivity contribution in [2.75, 3.05) is 12.3 Å². The number of hydrogen-bond donors (Lipinski definition) is 2. The fraction of sp³-hybridized carbons (Fsp3) is 0.462. The Labute approximate surface area is 101 Å². The van der Waals surface area contributed by atoms with E-state index in [0.717, 1.165) is 12.3 Å². The molecular formula is C13H18N2O2. The zero-order valence-electron chi connectivity index (χ0n) is 9.82. The number of nitrogen functional groups attached to an aromatic ring is 1. The molecular weight excluding hydrogens is 216 g/mol. The number of nitrogens with two attached hydrogens (primary N) is 2. The highest BCUT2D eigenvalue weighted by molar-refractivity contribution is 5.96. The number of amides is 1. The van der Waals surface area contributed by atoms with Gasteiger partial charge in [-0.25, -0.2) is 0 Å². The molecule has 0 spiro atoms. The average Bonchev–Trinajstić information content (AvgIpc) is 2.23. The summed E-state index contributed by atoms with van der Waals surface area (Å²) in [5, 5.41) is 0. The molecule has 1 fully saturated rings. The summed E-state index contributed by atoms with van der Waals surface area (Å²) in [5.74, 6) is 0.822. The highest BCUT2D eigenvalue weighted by atomic mass is 16.5. The first-order valence-electron chi connectivity index (χ1n) is 5.99. The Kier molecular flexibility index (Phi) is 3.52. The van der Waals surface area contributed by atoms with Crippen molar-refractivity contribution in [2.45, 2.75) is 25.7 Å². The summed E-state index contributed by atoms with van der Waals surface area (Å²) in [5.41, 5.74) is 11.8. The molecule has 2 rings (SSSR count). The lowest BCUT2D eigenvalue weighted by Gasteiger charge is -2.25. The van der Waals surface area contributed by atoms with Gasteiger partial charge in [0, 0.05) is 5.69 Å². The highest BCUT2D eigenvalue weighted by Crippen LogP contribution is 2.29. The molecule has 0 saturated heterocycles. The molecule has 1 aliphatic carbocycles. The first kappa shape index (κ1) is 11.8. The van der Waals surface area contributed by atoms with Crippen LogP contribution in [0.2, 0.25) is 0 Å². The van der Waals surface area contributed by atoms with E-state index in [4.69, 9.17) is 16.2 Å². The molecule has 0 aliphatic heterocycles. The second-order valence-electron chi connectivity index (χ2n) is 4.55. The molecule has 1 amide bonds. The van der Waals surface area contributed by atoms with Gasteiger partial charge in [-0.2, -0.15) is 0 Å². The molecule has 0 bridgehead atoms. The first-order chi connectivity index (χ1) is 8.16. The Hall–Kier alpha value is -1.71. The number of rotatable bonds is 5. The Bertz CT molecular complexity index is 414. The third kappa shape index (κ3) is 2.90. The molecule has 4 nitrogen and oxygen atoms in total. The van der Waals surface area contributed by atoms with Crippen LogP contribution in [0.5, 0.6) is 5.75 Å². The smallest absolute Gasteiger partial charge is 0.252 e. The Balaban J connectivity index is 1.96. The summed E-state index contributed by atoms with van der Waals surface area (Å²) >= 11 is 0. The van der Waals surface area contributed by atoms with E-state index < -0.39 is 5.91 Å². The average molecular weight is 234 g/mol. The lowest BCUT2D eigenvalue weighted by molar-refractivity contribution is 0.0995. The van der Waals surface area contributed by atoms with Crippen molar-refractivity contribution >= 4 is 11.6 Å². The monoisotopic (exact) mass is 234 g/mol. The van der Waals surface area contributed by atoms with Crippen LogP contribution in [0.1, 0.15) is 36.0 Å². The van der Waals surface area contributed by atoms with Crippen molar-refractivity contribution in [3.8, 4) is 5.75 Å². The van der Waals surface area contributed by atoms with Gasteiger partial charge in [0.15, 0.2) is 0 Å². The molecule has 0 atom stereocenters. The topological polar surface area (TPSA) is 78.3 Å². The van der Waals surface area contributed by atoms with Crippen LogP contribution in [0.3, 0.4) is 0 Å². The van der Waals surface area contributed by atoms with Gasteiger partial charge in [-0.15, -0.1) is 0 Å². The maximum atomic E-state index is 11.2. The van der Waals surface area contributed by atoms with Crippen LogP contribution in [0.4, 0.5) is 5.69 Å². The molecule has 17 heavy (non-hydrogen) atoms. The van der Waals surface area contributed by atoms with Crippen LogP contribution in [-0.2, 0) is 0 Å². The van der Waals surface area contributed by atoms with Crippen LogP contribution >= 0.6 is 0 Å². The van der Waals surface area contributed by atoms with Gasteiger partial charge in [-0.3, -0.25) is 4.79 Å². The minimum atomic E-state index is -0.504. The molecule has 4 heteroatoms. The van der Waals surface area contributed by atoms with E-state index >= 15 is 0 Å². The van der Waals surface area contributed by atoms with Gasteiger partial charge in [-0.05, 0) is 30.5 Å². The summed E-state index contributed by atoms with van der Waals surface area (Å²) in [7, 11) is 0. The molecule has 0 aromatic heterocycles. The van der Waals surface area contributed by atoms with Crippen LogP contribution in [0, 0.1) is 5.92 Å². The fourth-order valence-corrected chi connectivity index (χ4v) is 1.98. The third-order valence-electron chi connectivity index (χ3n) is 3.28. The minimum absolute atomic E-state index is 0.360. The van der Waals surface area contributed by atoms with Crippen LogP contribution in [-0.4, -0.2) is 12.5 Å². The van der Waals surface area contributed by atoms with Crippen LogP contribution in [0.25, 0.3) is 0 Å². The van der Waals surface area contributed by atoms with Crippen LogP contribution in [0.15, 0.2) is 18.2 Å². The van der Waals surface area contributed by atoms with Gasteiger partial charge >= 0.3 is 0 Å². The number of benzene rings is 1. The fourth-order valence-electron chi connectivity index (χ4n) is 1.98. The predicted molar refractivity (Wildman–Crippen MR) is 66.8 cm³/mol. The standard InChI is InChI=1S/C13H18N2O2/c14-10-4-5-12(11(8-10)13(15)16)17-7-6-9-2-1-3-9/h4-5,8-9H,1-3,6-7,14H2,(H2,15,16). The number of carbonyl (C=O) groups is 1. The van der Waals surface area contributed by atoms with E-state index in [0.29, 0.717) is 23.6 Å². The molecule has 0 unspecified atom stereocenters. The molecule has 1 saturated carbocycles. The second-order valence-corrected chi connectivity index (χ2v) is 4.55. The lowest BCUT2D eigenvalue weighted by Crippen LogP contribution is -2.17. The molecule has 0 heterocycles. The Morgan fingerprint density at radius 2 is 2.18 bits per heavy atom. The number of primary amides is 1. The van der Waals surface area contributed by atoms with Gasteiger partial charge in [0.2, 0.25) is 0 Å². The highest BCUT2D eigenvalue weighted by Gasteiger charge is 2.17. The molecule has 1 aliphatic rings. The van der Waals surface area contributed by atoms with Crippen molar-refractivity contribution in [3.05, 3.63) is 23.8 Å². The zero-order valence-corrected chi connectivity index (χ0v) is 9.82. The second kappa shape index (κ2) is 5.08. The van der Waals surface area contributed by atoms with E-state index in [1.165, 1.54) is 19.3 Å². The zero-order chi connectivity index (χ0) is 12.3. The van der Waals surface area contributed by atoms with E-state index in [2.05, 4.69) is 0 Å². The lowest BCUT2D eigenvalue weighted by atomic mass is 9.83. The van der Waals surface area contributed by atoms with Crippen molar-refractivity contribution in [1.82, 2.24) is 0 Å². The van der Waals surface area contributed by atoms with E-state index in [9.17, 15) is 4.79 Å². The van der Waals surface area contributed by atoms with Crippen molar-refractivity contribution in [1.29, 1.82) is 0 Å². The van der Waals surface area contributed by atoms with Gasteiger partial charge in [0.1, 0.15) is 5.75 Å². The van der Waals surface area contributed by atoms with Gasteiger partial charge in [0.25, 0.3) is 5.91 Å². The van der Waals surface area contributed by atoms with E-state index in [1.807, 2.05) is 0 Å². The van der Waals surface area contributed by atoms with Crippen molar-refractivity contribution in [2.24, 2.45) is 11.7 Å². The van der Waals surface area contributed by atoms with Gasteiger partial charge in [-0.1, -0.05) is 19.3 Å². The number of hydrogen-bond acceptors (Lipinski definition) is 3. The summed E-state index contributed by atoms with van der Waals surface area (Å²) in [4.78, 5) is 11.2.